The number of carbonyl (C=O) groups is 3. The lowest BCUT2D eigenvalue weighted by Crippen LogP contribution is -2.49. The minimum Gasteiger partial charge on any atom is -0.460 e. The Balaban J connectivity index is 4.88. The molecule has 0 radical (unpaired) electrons. The van der Waals surface area contributed by atoms with E-state index in [-0.39, 0.29) is 6.42 Å². The summed E-state index contributed by atoms with van der Waals surface area (Å²) in [6.07, 6.45) is 1.19. The van der Waals surface area contributed by atoms with Crippen molar-refractivity contribution in [2.24, 2.45) is 0 Å². The number of amides is 2. The minimum atomic E-state index is -1.07. The maximum atomic E-state index is 12.2. The summed E-state index contributed by atoms with van der Waals surface area (Å²) in [5, 5.41) is 5.05. The summed E-state index contributed by atoms with van der Waals surface area (Å²) >= 11 is 0. The number of nitrogens with one attached hydrogen (secondary N) is 2. The molecule has 24 heavy (non-hydrogen) atoms. The smallest absolute Gasteiger partial charge is 0.408 e. The summed E-state index contributed by atoms with van der Waals surface area (Å²) in [6.45, 7) is 14.2. The second-order valence-electron chi connectivity index (χ2n) is 7.36. The first-order chi connectivity index (χ1) is 10.8. The molecular formula is C17H30N2O5. The predicted octanol–water partition coefficient (Wildman–Crippen LogP) is 2.30. The molecule has 2 N–H and O–H groups in total. The zero-order valence-corrected chi connectivity index (χ0v) is 15.5. The van der Waals surface area contributed by atoms with Crippen LogP contribution in [0.15, 0.2) is 12.7 Å². The number of rotatable bonds is 7. The lowest BCUT2D eigenvalue weighted by Gasteiger charge is -2.24. The van der Waals surface area contributed by atoms with E-state index in [0.29, 0.717) is 13.0 Å². The van der Waals surface area contributed by atoms with Gasteiger partial charge in [0.15, 0.2) is 0 Å². The van der Waals surface area contributed by atoms with Gasteiger partial charge in [0, 0.05) is 6.54 Å². The summed E-state index contributed by atoms with van der Waals surface area (Å²) in [5.41, 5.74) is -1.38. The summed E-state index contributed by atoms with van der Waals surface area (Å²) in [6, 6.07) is -1.07. The van der Waals surface area contributed by atoms with Crippen molar-refractivity contribution in [2.45, 2.75) is 71.6 Å². The van der Waals surface area contributed by atoms with Gasteiger partial charge in [0.2, 0.25) is 5.91 Å². The second kappa shape index (κ2) is 9.30. The Morgan fingerprint density at radius 1 is 1.04 bits per heavy atom. The van der Waals surface area contributed by atoms with Gasteiger partial charge in [-0.2, -0.15) is 0 Å². The minimum absolute atomic E-state index is 0.281. The van der Waals surface area contributed by atoms with E-state index in [9.17, 15) is 14.4 Å². The molecular weight excluding hydrogens is 312 g/mol. The molecule has 0 aliphatic rings. The molecule has 0 aromatic heterocycles. The molecule has 0 aliphatic heterocycles. The van der Waals surface area contributed by atoms with Crippen molar-refractivity contribution in [3.8, 4) is 0 Å². The highest BCUT2D eigenvalue weighted by molar-refractivity contribution is 5.89. The summed E-state index contributed by atoms with van der Waals surface area (Å²) < 4.78 is 10.3. The van der Waals surface area contributed by atoms with Crippen LogP contribution in [0.2, 0.25) is 0 Å². The van der Waals surface area contributed by atoms with E-state index in [1.165, 1.54) is 0 Å². The van der Waals surface area contributed by atoms with Crippen LogP contribution in [0.25, 0.3) is 0 Å². The molecule has 0 heterocycles. The van der Waals surface area contributed by atoms with Crippen LogP contribution < -0.4 is 10.6 Å². The standard InChI is InChI=1S/C17H30N2O5/c1-8-9-10-18-14(21)12(11-13(20)23-16(2,3)4)19-15(22)24-17(5,6)7/h8,12H,1,9-11H2,2-7H3,(H,18,21)(H,19,22)/t12-/m0/s1. The van der Waals surface area contributed by atoms with Gasteiger partial charge in [0.1, 0.15) is 17.2 Å². The third-order valence-corrected chi connectivity index (χ3v) is 2.45. The van der Waals surface area contributed by atoms with Gasteiger partial charge in [-0.15, -0.1) is 6.58 Å². The Kier molecular flexibility index (Phi) is 8.50. The van der Waals surface area contributed by atoms with Crippen LogP contribution in [-0.2, 0) is 19.1 Å². The third-order valence-electron chi connectivity index (χ3n) is 2.45. The molecule has 7 heteroatoms. The fraction of sp³-hybridized carbons (Fsp3) is 0.706. The molecule has 0 aromatic carbocycles. The Morgan fingerprint density at radius 2 is 1.58 bits per heavy atom. The second-order valence-corrected chi connectivity index (χ2v) is 7.36. The number of hydrogen-bond donors (Lipinski definition) is 2. The van der Waals surface area contributed by atoms with Crippen LogP contribution in [0, 0.1) is 0 Å². The number of alkyl carbamates (subject to hydrolysis) is 1. The average molecular weight is 342 g/mol. The molecule has 0 aromatic rings. The molecule has 0 saturated carbocycles. The maximum Gasteiger partial charge on any atom is 0.408 e. The van der Waals surface area contributed by atoms with Gasteiger partial charge in [-0.3, -0.25) is 9.59 Å². The van der Waals surface area contributed by atoms with Crippen molar-refractivity contribution in [1.82, 2.24) is 10.6 Å². The normalized spacial score (nSPS) is 12.8. The zero-order valence-electron chi connectivity index (χ0n) is 15.5. The van der Waals surface area contributed by atoms with Crippen LogP contribution in [0.1, 0.15) is 54.4 Å². The van der Waals surface area contributed by atoms with Gasteiger partial charge >= 0.3 is 12.1 Å². The third kappa shape index (κ3) is 11.5. The van der Waals surface area contributed by atoms with Crippen molar-refractivity contribution in [1.29, 1.82) is 0 Å². The van der Waals surface area contributed by atoms with Crippen LogP contribution in [-0.4, -0.2) is 41.8 Å². The van der Waals surface area contributed by atoms with Gasteiger partial charge in [0.05, 0.1) is 6.42 Å². The highest BCUT2D eigenvalue weighted by Gasteiger charge is 2.28. The molecule has 2 amide bonds. The number of esters is 1. The lowest BCUT2D eigenvalue weighted by molar-refractivity contribution is -0.156. The van der Waals surface area contributed by atoms with Crippen molar-refractivity contribution in [3.63, 3.8) is 0 Å². The first kappa shape index (κ1) is 21.9. The maximum absolute atomic E-state index is 12.2. The van der Waals surface area contributed by atoms with Gasteiger partial charge in [-0.25, -0.2) is 4.79 Å². The number of hydrogen-bond acceptors (Lipinski definition) is 5. The average Bonchev–Trinajstić information content (AvgIpc) is 2.33. The van der Waals surface area contributed by atoms with Crippen LogP contribution in [0.5, 0.6) is 0 Å². The van der Waals surface area contributed by atoms with E-state index in [1.807, 2.05) is 0 Å². The van der Waals surface area contributed by atoms with Crippen molar-refractivity contribution < 1.29 is 23.9 Å². The topological polar surface area (TPSA) is 93.7 Å². The summed E-state index contributed by atoms with van der Waals surface area (Å²) in [4.78, 5) is 36.0. The Morgan fingerprint density at radius 3 is 2.04 bits per heavy atom. The molecule has 1 atom stereocenters. The van der Waals surface area contributed by atoms with E-state index in [1.54, 1.807) is 47.6 Å². The molecule has 0 bridgehead atoms. The van der Waals surface area contributed by atoms with E-state index < -0.39 is 35.2 Å². The molecule has 0 fully saturated rings. The molecule has 0 saturated heterocycles. The summed E-state index contributed by atoms with van der Waals surface area (Å²) in [7, 11) is 0. The van der Waals surface area contributed by atoms with E-state index in [0.717, 1.165) is 0 Å². The summed E-state index contributed by atoms with van der Waals surface area (Å²) in [5.74, 6) is -1.06. The fourth-order valence-electron chi connectivity index (χ4n) is 1.63. The van der Waals surface area contributed by atoms with E-state index in [2.05, 4.69) is 17.2 Å². The van der Waals surface area contributed by atoms with Gasteiger partial charge in [0.25, 0.3) is 0 Å². The highest BCUT2D eigenvalue weighted by Crippen LogP contribution is 2.11. The fourth-order valence-corrected chi connectivity index (χ4v) is 1.63. The van der Waals surface area contributed by atoms with Gasteiger partial charge in [-0.1, -0.05) is 6.08 Å². The first-order valence-electron chi connectivity index (χ1n) is 7.94. The largest absolute Gasteiger partial charge is 0.460 e. The van der Waals surface area contributed by atoms with Crippen LogP contribution >= 0.6 is 0 Å². The van der Waals surface area contributed by atoms with E-state index in [4.69, 9.17) is 9.47 Å². The SMILES string of the molecule is C=CCCNC(=O)[C@H](CC(=O)OC(C)(C)C)NC(=O)OC(C)(C)C. The molecule has 0 rings (SSSR count). The lowest BCUT2D eigenvalue weighted by atomic mass is 10.1. The first-order valence-corrected chi connectivity index (χ1v) is 7.94. The number of ether oxygens (including phenoxy) is 2. The quantitative estimate of drug-likeness (QED) is 0.421. The van der Waals surface area contributed by atoms with Crippen molar-refractivity contribution in [3.05, 3.63) is 12.7 Å². The highest BCUT2D eigenvalue weighted by atomic mass is 16.6. The molecule has 7 nitrogen and oxygen atoms in total. The predicted molar refractivity (Wildman–Crippen MR) is 91.4 cm³/mol. The van der Waals surface area contributed by atoms with Crippen LogP contribution in [0.3, 0.4) is 0 Å². The van der Waals surface area contributed by atoms with Gasteiger partial charge < -0.3 is 20.1 Å². The van der Waals surface area contributed by atoms with E-state index >= 15 is 0 Å². The Hall–Kier alpha value is -2.05. The Bertz CT molecular complexity index is 431. The van der Waals surface area contributed by atoms with Gasteiger partial charge in [-0.05, 0) is 48.0 Å². The van der Waals surface area contributed by atoms with Crippen LogP contribution in [0.4, 0.5) is 4.79 Å². The number of carbonyl (C=O) groups excluding carboxylic acids is 3. The van der Waals surface area contributed by atoms with Crippen molar-refractivity contribution in [2.75, 3.05) is 6.54 Å². The van der Waals surface area contributed by atoms with Crippen molar-refractivity contribution >= 4 is 18.0 Å². The Labute approximate surface area is 144 Å². The zero-order chi connectivity index (χ0) is 19.0. The molecule has 0 aliphatic carbocycles. The molecule has 138 valence electrons. The molecule has 0 unspecified atom stereocenters. The monoisotopic (exact) mass is 342 g/mol. The molecule has 0 spiro atoms.